The van der Waals surface area contributed by atoms with E-state index in [-0.39, 0.29) is 26.3 Å². The molecule has 80 valence electrons. The number of methoxy groups -OCH3 is 1. The van der Waals surface area contributed by atoms with E-state index in [1.165, 1.54) is 7.11 Å². The molecule has 0 aromatic heterocycles. The zero-order valence-electron chi connectivity index (χ0n) is 7.55. The van der Waals surface area contributed by atoms with Crippen LogP contribution < -0.4 is 0 Å². The lowest BCUT2D eigenvalue weighted by molar-refractivity contribution is 0.136. The van der Waals surface area contributed by atoms with Crippen molar-refractivity contribution in [2.75, 3.05) is 39.9 Å². The Hall–Kier alpha value is -0.265. The molecule has 0 aliphatic carbocycles. The summed E-state index contributed by atoms with van der Waals surface area (Å²) in [6, 6.07) is 0. The Morgan fingerprint density at radius 3 is 2.31 bits per heavy atom. The van der Waals surface area contributed by atoms with E-state index < -0.39 is 13.4 Å². The van der Waals surface area contributed by atoms with Gasteiger partial charge < -0.3 is 27.7 Å². The van der Waals surface area contributed by atoms with Crippen LogP contribution in [0.4, 0.5) is 12.9 Å². The Labute approximate surface area is 75.5 Å². The number of aliphatic hydroxyl groups excluding tert-OH is 1. The number of hydrogen-bond acceptors (Lipinski definition) is 3. The molecule has 0 fully saturated rings. The second-order valence-electron chi connectivity index (χ2n) is 2.73. The van der Waals surface area contributed by atoms with Crippen LogP contribution in [-0.4, -0.2) is 56.8 Å². The van der Waals surface area contributed by atoms with Crippen molar-refractivity contribution in [3.05, 3.63) is 0 Å². The Morgan fingerprint density at radius 2 is 1.92 bits per heavy atom. The summed E-state index contributed by atoms with van der Waals surface area (Å²) in [6.45, 7) is -4.62. The van der Waals surface area contributed by atoms with E-state index in [0.29, 0.717) is 0 Å². The smallest absolute Gasteiger partial charge is 0.448 e. The fraction of sp³-hybridized carbons (Fsp3) is 1.00. The highest BCUT2D eigenvalue weighted by atomic mass is 19.4. The summed E-state index contributed by atoms with van der Waals surface area (Å²) < 4.78 is 40.5. The summed E-state index contributed by atoms with van der Waals surface area (Å²) in [5.74, 6) is 0. The average Bonchev–Trinajstić information content (AvgIpc) is 1.98. The van der Waals surface area contributed by atoms with Gasteiger partial charge in [0, 0.05) is 20.2 Å². The predicted octanol–water partition coefficient (Wildman–Crippen LogP) is 0.314. The van der Waals surface area contributed by atoms with Crippen molar-refractivity contribution in [2.24, 2.45) is 0 Å². The molecule has 0 radical (unpaired) electrons. The fourth-order valence-electron chi connectivity index (χ4n) is 0.949. The zero-order chi connectivity index (χ0) is 10.3. The number of ether oxygens (including phenoxy) is 1. The lowest BCUT2D eigenvalue weighted by Gasteiger charge is -2.26. The highest BCUT2D eigenvalue weighted by Gasteiger charge is 2.25. The van der Waals surface area contributed by atoms with E-state index in [0.717, 1.165) is 4.90 Å². The summed E-state index contributed by atoms with van der Waals surface area (Å²) in [7, 11) is 1.43. The van der Waals surface area contributed by atoms with Crippen LogP contribution in [0.1, 0.15) is 0 Å². The zero-order valence-corrected chi connectivity index (χ0v) is 7.55. The summed E-state index contributed by atoms with van der Waals surface area (Å²) in [4.78, 5) is 1.13. The van der Waals surface area contributed by atoms with Crippen molar-refractivity contribution in [1.29, 1.82) is 0 Å². The number of rotatable bonds is 7. The van der Waals surface area contributed by atoms with Gasteiger partial charge in [-0.15, -0.1) is 0 Å². The molecule has 0 rings (SSSR count). The molecular formula is C6H14BF3NO2-. The molecule has 0 saturated carbocycles. The van der Waals surface area contributed by atoms with Crippen LogP contribution in [0.2, 0.25) is 0 Å². The van der Waals surface area contributed by atoms with Gasteiger partial charge in [-0.2, -0.15) is 0 Å². The van der Waals surface area contributed by atoms with Crippen molar-refractivity contribution in [1.82, 2.24) is 4.90 Å². The van der Waals surface area contributed by atoms with E-state index in [1.807, 2.05) is 0 Å². The fourth-order valence-corrected chi connectivity index (χ4v) is 0.949. The minimum absolute atomic E-state index is 0.0324. The van der Waals surface area contributed by atoms with Crippen molar-refractivity contribution in [3.63, 3.8) is 0 Å². The Morgan fingerprint density at radius 1 is 1.31 bits per heavy atom. The van der Waals surface area contributed by atoms with Gasteiger partial charge in [-0.25, -0.2) is 0 Å². The molecule has 0 unspecified atom stereocenters. The molecule has 0 aliphatic heterocycles. The standard InChI is InChI=1S/C6H14BF3NO2/c1-13-5-3-11(2-4-12)6-7(8,9)10/h12H,2-6H2,1H3/q-1. The molecule has 3 nitrogen and oxygen atoms in total. The first kappa shape index (κ1) is 12.7. The van der Waals surface area contributed by atoms with Gasteiger partial charge in [-0.1, -0.05) is 0 Å². The molecule has 0 bridgehead atoms. The van der Waals surface area contributed by atoms with Gasteiger partial charge in [-0.3, -0.25) is 0 Å². The van der Waals surface area contributed by atoms with E-state index in [4.69, 9.17) is 5.11 Å². The molecule has 0 heterocycles. The first-order chi connectivity index (χ1) is 5.99. The molecule has 13 heavy (non-hydrogen) atoms. The summed E-state index contributed by atoms with van der Waals surface area (Å²) in [6.07, 6.45) is -0.941. The largest absolute Gasteiger partial charge is 0.492 e. The van der Waals surface area contributed by atoms with E-state index in [2.05, 4.69) is 4.74 Å². The van der Waals surface area contributed by atoms with Gasteiger partial charge >= 0.3 is 6.98 Å². The second-order valence-corrected chi connectivity index (χ2v) is 2.73. The maximum absolute atomic E-state index is 12.0. The third-order valence-electron chi connectivity index (χ3n) is 1.49. The van der Waals surface area contributed by atoms with Crippen molar-refractivity contribution in [2.45, 2.75) is 0 Å². The van der Waals surface area contributed by atoms with Gasteiger partial charge in [0.1, 0.15) is 0 Å². The van der Waals surface area contributed by atoms with Crippen LogP contribution >= 0.6 is 0 Å². The highest BCUT2D eigenvalue weighted by Crippen LogP contribution is 2.09. The molecule has 0 spiro atoms. The maximum atomic E-state index is 12.0. The van der Waals surface area contributed by atoms with Gasteiger partial charge in [0.2, 0.25) is 0 Å². The average molecular weight is 200 g/mol. The van der Waals surface area contributed by atoms with Crippen molar-refractivity contribution < 1.29 is 22.8 Å². The summed E-state index contributed by atoms with van der Waals surface area (Å²) in [5, 5.41) is 8.49. The van der Waals surface area contributed by atoms with Crippen molar-refractivity contribution >= 4 is 6.98 Å². The van der Waals surface area contributed by atoms with Crippen LogP contribution in [0, 0.1) is 0 Å². The minimum atomic E-state index is -4.82. The maximum Gasteiger partial charge on any atom is 0.492 e. The SMILES string of the molecule is COCCN(CCO)C[B-](F)(F)F. The van der Waals surface area contributed by atoms with E-state index in [9.17, 15) is 12.9 Å². The molecule has 0 aliphatic rings. The van der Waals surface area contributed by atoms with E-state index >= 15 is 0 Å². The topological polar surface area (TPSA) is 32.7 Å². The van der Waals surface area contributed by atoms with E-state index in [1.54, 1.807) is 0 Å². The van der Waals surface area contributed by atoms with Crippen LogP contribution in [-0.2, 0) is 4.74 Å². The monoisotopic (exact) mass is 200 g/mol. The molecule has 0 amide bonds. The number of halogens is 3. The number of nitrogens with zero attached hydrogens (tertiary/aromatic N) is 1. The summed E-state index contributed by atoms with van der Waals surface area (Å²) >= 11 is 0. The highest BCUT2D eigenvalue weighted by molar-refractivity contribution is 6.58. The Bertz CT molecular complexity index is 134. The number of hydrogen-bond donors (Lipinski definition) is 1. The normalized spacial score (nSPS) is 12.5. The van der Waals surface area contributed by atoms with Crippen LogP contribution in [0.25, 0.3) is 0 Å². The van der Waals surface area contributed by atoms with Gasteiger partial charge in [0.25, 0.3) is 0 Å². The van der Waals surface area contributed by atoms with Gasteiger partial charge in [-0.05, 0) is 6.44 Å². The lowest BCUT2D eigenvalue weighted by Crippen LogP contribution is -2.41. The molecule has 1 N–H and O–H groups in total. The molecular weight excluding hydrogens is 186 g/mol. The predicted molar refractivity (Wildman–Crippen MR) is 44.5 cm³/mol. The van der Waals surface area contributed by atoms with Crippen LogP contribution in [0.5, 0.6) is 0 Å². The first-order valence-electron chi connectivity index (χ1n) is 4.02. The van der Waals surface area contributed by atoms with Gasteiger partial charge in [0.15, 0.2) is 0 Å². The van der Waals surface area contributed by atoms with Crippen LogP contribution in [0.15, 0.2) is 0 Å². The Balaban J connectivity index is 3.79. The minimum Gasteiger partial charge on any atom is -0.448 e. The second kappa shape index (κ2) is 6.23. The number of aliphatic hydroxyl groups is 1. The molecule has 7 heteroatoms. The van der Waals surface area contributed by atoms with Crippen molar-refractivity contribution in [3.8, 4) is 0 Å². The Kier molecular flexibility index (Phi) is 6.10. The third kappa shape index (κ3) is 8.08. The third-order valence-corrected chi connectivity index (χ3v) is 1.49. The first-order valence-corrected chi connectivity index (χ1v) is 4.02. The lowest BCUT2D eigenvalue weighted by atomic mass is 9.91. The molecule has 0 saturated heterocycles. The summed E-state index contributed by atoms with van der Waals surface area (Å²) in [5.41, 5.74) is 0. The molecule has 0 aromatic rings. The van der Waals surface area contributed by atoms with Gasteiger partial charge in [0.05, 0.1) is 13.2 Å². The molecule has 0 atom stereocenters. The van der Waals surface area contributed by atoms with Crippen LogP contribution in [0.3, 0.4) is 0 Å². The molecule has 0 aromatic carbocycles. The quantitative estimate of drug-likeness (QED) is 0.600.